The maximum Gasteiger partial charge on any atom is 3.00 e. The summed E-state index contributed by atoms with van der Waals surface area (Å²) in [7, 11) is 0. The van der Waals surface area contributed by atoms with Crippen molar-refractivity contribution in [2.75, 3.05) is 0 Å². The van der Waals surface area contributed by atoms with Crippen molar-refractivity contribution in [3.63, 3.8) is 0 Å². The zero-order valence-electron chi connectivity index (χ0n) is 13.6. The Morgan fingerprint density at radius 2 is 0.370 bits per heavy atom. The normalized spacial score (nSPS) is 0.889. The number of carbonyl (C=O) groups excluding carboxylic acids is 1. The Hall–Kier alpha value is 4.69. The van der Waals surface area contributed by atoms with Crippen molar-refractivity contribution >= 4 is 192 Å². The molecule has 20 nitrogen and oxygen atoms in total. The quantitative estimate of drug-likeness (QED) is 0.245. The van der Waals surface area contributed by atoms with Gasteiger partial charge in [0, 0.05) is 0 Å². The van der Waals surface area contributed by atoms with Crippen molar-refractivity contribution in [1.82, 2.24) is 0 Å². The van der Waals surface area contributed by atoms with Gasteiger partial charge in [-0.25, -0.2) is 0 Å². The smallest absolute Gasteiger partial charge is 0.870 e. The molecule has 0 rings (SSSR count). The van der Waals surface area contributed by atoms with Crippen molar-refractivity contribution < 1.29 is 108 Å². The fraction of sp³-hybridized carbons (Fsp3) is 0. The van der Waals surface area contributed by atoms with E-state index in [1.54, 1.807) is 0 Å². The van der Waals surface area contributed by atoms with Gasteiger partial charge in [0.05, 0.1) is 0 Å². The van der Waals surface area contributed by atoms with Crippen molar-refractivity contribution in [1.29, 1.82) is 0 Å². The summed E-state index contributed by atoms with van der Waals surface area (Å²) >= 11 is 0. The molecule has 160 valence electrons. The largest absolute Gasteiger partial charge is 3.00 e. The molecular formula is CH22Al2Ca4O20. The first-order valence-electron chi connectivity index (χ1n) is 0.612. The van der Waals surface area contributed by atoms with Crippen LogP contribution in [-0.4, -0.2) is 285 Å². The average Bonchev–Trinajstić information content (AvgIpc) is 0.811. The summed E-state index contributed by atoms with van der Waals surface area (Å²) in [5.74, 6) is 0. The molecule has 0 amide bonds. The van der Waals surface area contributed by atoms with Crippen LogP contribution in [0, 0.1) is 0 Å². The minimum absolute atomic E-state index is 0. The number of carbonyl (C=O) groups is 1. The molecule has 0 aliphatic heterocycles. The molecule has 0 aliphatic rings. The Balaban J connectivity index is -0.000000000178. The van der Waals surface area contributed by atoms with Gasteiger partial charge < -0.3 is 108 Å². The minimum Gasteiger partial charge on any atom is -0.870 e. The van der Waals surface area contributed by atoms with Crippen LogP contribution in [0.25, 0.3) is 0 Å². The molecule has 0 radical (unpaired) electrons. The molecule has 22 N–H and O–H groups in total. The molecule has 0 unspecified atom stereocenters. The van der Waals surface area contributed by atoms with Gasteiger partial charge in [0.2, 0.25) is 0 Å². The molecule has 0 atom stereocenters. The summed E-state index contributed by atoms with van der Waals surface area (Å²) in [6, 6.07) is 0. The van der Waals surface area contributed by atoms with Gasteiger partial charge in [-0.2, -0.15) is 0 Å². The standard InChI is InChI=1S/CH2O3.2Al.4Ca.17H2O/c2-1(3)4;;;;;;;;;;;;;;;;;;;;;;;/h(H2,2,3,4);;;;;;;17*1H2/q;2*+3;4*+2;;;;;;;;;;;;;;;;;/p-14. The second kappa shape index (κ2) is 457. The summed E-state index contributed by atoms with van der Waals surface area (Å²) in [6.45, 7) is 0. The monoisotopic (exact) mass is 568 g/mol. The number of hydrogen-bond donors (Lipinski definition) is 0. The molecule has 0 aromatic carbocycles. The van der Waals surface area contributed by atoms with E-state index < -0.39 is 6.16 Å². The van der Waals surface area contributed by atoms with Gasteiger partial charge in [-0.05, 0) is 6.16 Å². The molecule has 0 bridgehead atoms. The first-order chi connectivity index (χ1) is 1.73. The molecule has 0 aliphatic carbocycles. The number of hydrogen-bond acceptors (Lipinski definition) is 15. The van der Waals surface area contributed by atoms with Crippen LogP contribution in [0.15, 0.2) is 0 Å². The van der Waals surface area contributed by atoms with E-state index in [1.165, 1.54) is 0 Å². The van der Waals surface area contributed by atoms with Gasteiger partial charge in [-0.15, -0.1) is 0 Å². The third-order valence-corrected chi connectivity index (χ3v) is 0. The molecule has 0 saturated heterocycles. The minimum atomic E-state index is -2.33. The topological polar surface area (TPSA) is 581 Å². The molecule has 0 aromatic heterocycles. The first kappa shape index (κ1) is 504. The predicted octanol–water partition coefficient (Wildman–Crippen LogP) is -11.0. The molecule has 0 aromatic rings. The molecule has 0 heterocycles. The fourth-order valence-electron chi connectivity index (χ4n) is 0. The molecular weight excluding hydrogens is 546 g/mol. The van der Waals surface area contributed by atoms with Gasteiger partial charge in [-0.3, -0.25) is 0 Å². The van der Waals surface area contributed by atoms with Crippen LogP contribution in [0.1, 0.15) is 0 Å². The van der Waals surface area contributed by atoms with Crippen molar-refractivity contribution in [2.45, 2.75) is 0 Å². The number of carboxylic acid groups (broad SMARTS) is 2. The van der Waals surface area contributed by atoms with Crippen molar-refractivity contribution in [2.24, 2.45) is 0 Å². The van der Waals surface area contributed by atoms with Gasteiger partial charge in [0.15, 0.2) is 0 Å². The van der Waals surface area contributed by atoms with E-state index in [2.05, 4.69) is 0 Å². The molecule has 27 heavy (non-hydrogen) atoms. The zero-order chi connectivity index (χ0) is 3.58. The van der Waals surface area contributed by atoms with E-state index in [4.69, 9.17) is 15.0 Å². The van der Waals surface area contributed by atoms with Gasteiger partial charge >= 0.3 is 186 Å². The summed E-state index contributed by atoms with van der Waals surface area (Å²) in [6.07, 6.45) is -2.33. The second-order valence-corrected chi connectivity index (χ2v) is 0.250. The SMILES string of the molecule is O.O.O.O.O.O=C([O-])[O-].[Al+3].[Al+3].[Ca+2].[Ca+2].[Ca+2].[Ca+2].[OH-].[OH-].[OH-].[OH-].[OH-].[OH-].[OH-].[OH-].[OH-].[OH-].[OH-].[OH-]. The Morgan fingerprint density at radius 1 is 0.370 bits per heavy atom. The molecule has 26 heteroatoms. The summed E-state index contributed by atoms with van der Waals surface area (Å²) in [4.78, 5) is 8.33. The Labute approximate surface area is 294 Å². The Bertz CT molecular complexity index is 55.0. The van der Waals surface area contributed by atoms with Gasteiger partial charge in [-0.1, -0.05) is 0 Å². The van der Waals surface area contributed by atoms with Crippen LogP contribution in [0.2, 0.25) is 0 Å². The van der Waals surface area contributed by atoms with E-state index >= 15 is 0 Å². The van der Waals surface area contributed by atoms with Crippen LogP contribution in [-0.2, 0) is 0 Å². The van der Waals surface area contributed by atoms with Crippen molar-refractivity contribution in [3.8, 4) is 0 Å². The predicted molar refractivity (Wildman–Crippen MR) is 81.2 cm³/mol. The van der Waals surface area contributed by atoms with Gasteiger partial charge in [0.25, 0.3) is 0 Å². The van der Waals surface area contributed by atoms with E-state index in [-0.39, 0.29) is 279 Å². The second-order valence-electron chi connectivity index (χ2n) is 0.250. The van der Waals surface area contributed by atoms with Crippen LogP contribution in [0.3, 0.4) is 0 Å². The molecule has 0 saturated carbocycles. The molecule has 0 spiro atoms. The van der Waals surface area contributed by atoms with Crippen LogP contribution >= 0.6 is 0 Å². The third kappa shape index (κ3) is 1150. The van der Waals surface area contributed by atoms with E-state index in [1.807, 2.05) is 0 Å². The number of rotatable bonds is 0. The van der Waals surface area contributed by atoms with Crippen LogP contribution in [0.4, 0.5) is 4.79 Å². The van der Waals surface area contributed by atoms with Gasteiger partial charge in [0.1, 0.15) is 0 Å². The Kier molecular flexibility index (Phi) is 8540. The van der Waals surface area contributed by atoms with E-state index in [0.717, 1.165) is 0 Å². The molecule has 0 fully saturated rings. The Morgan fingerprint density at radius 3 is 0.370 bits per heavy atom. The maximum absolute atomic E-state index is 8.33. The summed E-state index contributed by atoms with van der Waals surface area (Å²) in [5, 5.41) is 16.7. The summed E-state index contributed by atoms with van der Waals surface area (Å²) in [5.41, 5.74) is 0. The average molecular weight is 568 g/mol. The maximum atomic E-state index is 8.33. The third-order valence-electron chi connectivity index (χ3n) is 0. The van der Waals surface area contributed by atoms with Crippen LogP contribution < -0.4 is 10.2 Å². The van der Waals surface area contributed by atoms with E-state index in [0.29, 0.717) is 0 Å². The van der Waals surface area contributed by atoms with Crippen molar-refractivity contribution in [3.05, 3.63) is 0 Å². The fourth-order valence-corrected chi connectivity index (χ4v) is 0. The van der Waals surface area contributed by atoms with Crippen LogP contribution in [0.5, 0.6) is 0 Å². The van der Waals surface area contributed by atoms with E-state index in [9.17, 15) is 0 Å². The summed E-state index contributed by atoms with van der Waals surface area (Å²) < 4.78 is 0. The zero-order valence-corrected chi connectivity index (χ0v) is 24.7. The first-order valence-corrected chi connectivity index (χ1v) is 0.612.